The third kappa shape index (κ3) is 3.00. The summed E-state index contributed by atoms with van der Waals surface area (Å²) in [5, 5.41) is 7.54. The van der Waals surface area contributed by atoms with Crippen LogP contribution in [0.4, 0.5) is 4.79 Å². The molecule has 1 unspecified atom stereocenters. The summed E-state index contributed by atoms with van der Waals surface area (Å²) in [6.07, 6.45) is 2.56. The minimum atomic E-state index is -0.339. The Balaban J connectivity index is 1.60. The van der Waals surface area contributed by atoms with Crippen LogP contribution in [0.2, 0.25) is 0 Å². The van der Waals surface area contributed by atoms with Crippen LogP contribution in [0.15, 0.2) is 34.9 Å². The Kier molecular flexibility index (Phi) is 4.17. The van der Waals surface area contributed by atoms with Crippen molar-refractivity contribution in [3.05, 3.63) is 47.6 Å². The molecular weight excluding hydrogens is 320 g/mol. The van der Waals surface area contributed by atoms with Crippen LogP contribution < -0.4 is 5.32 Å². The number of hydrogen-bond acceptors (Lipinski definition) is 6. The van der Waals surface area contributed by atoms with Crippen molar-refractivity contribution >= 4 is 6.09 Å². The highest BCUT2D eigenvalue weighted by atomic mass is 16.5. The third-order valence-electron chi connectivity index (χ3n) is 5.07. The maximum atomic E-state index is 12.0. The van der Waals surface area contributed by atoms with Crippen molar-refractivity contribution in [3.63, 3.8) is 0 Å². The first kappa shape index (κ1) is 16.1. The highest BCUT2D eigenvalue weighted by Gasteiger charge is 2.43. The van der Waals surface area contributed by atoms with E-state index in [2.05, 4.69) is 27.6 Å². The van der Waals surface area contributed by atoms with Crippen LogP contribution in [-0.4, -0.2) is 47.4 Å². The van der Waals surface area contributed by atoms with Gasteiger partial charge in [-0.1, -0.05) is 35.5 Å². The molecule has 1 saturated carbocycles. The summed E-state index contributed by atoms with van der Waals surface area (Å²) in [7, 11) is 1.40. The molecule has 1 aliphatic heterocycles. The molecule has 2 heterocycles. The Morgan fingerprint density at radius 2 is 2.20 bits per heavy atom. The zero-order valence-corrected chi connectivity index (χ0v) is 14.3. The predicted octanol–water partition coefficient (Wildman–Crippen LogP) is 2.08. The summed E-state index contributed by atoms with van der Waals surface area (Å²) < 4.78 is 10.5. The van der Waals surface area contributed by atoms with Crippen molar-refractivity contribution in [1.29, 1.82) is 0 Å². The summed E-state index contributed by atoms with van der Waals surface area (Å²) in [5.41, 5.74) is 0.865. The SMILES string of the molecule is COC(=O)N(Cc1noc(C2(c3ccccc3)CCNC2)n1)C1CC1. The molecule has 1 N–H and O–H groups in total. The van der Waals surface area contributed by atoms with Crippen LogP contribution in [-0.2, 0) is 16.7 Å². The van der Waals surface area contributed by atoms with E-state index in [0.717, 1.165) is 32.4 Å². The lowest BCUT2D eigenvalue weighted by molar-refractivity contribution is 0.116. The molecule has 2 aliphatic rings. The molecule has 0 bridgehead atoms. The maximum absolute atomic E-state index is 12.0. The molecule has 1 aliphatic carbocycles. The second-order valence-corrected chi connectivity index (χ2v) is 6.72. The van der Waals surface area contributed by atoms with Gasteiger partial charge >= 0.3 is 6.09 Å². The lowest BCUT2D eigenvalue weighted by atomic mass is 9.79. The quantitative estimate of drug-likeness (QED) is 0.896. The zero-order valence-electron chi connectivity index (χ0n) is 14.3. The third-order valence-corrected chi connectivity index (χ3v) is 5.07. The van der Waals surface area contributed by atoms with Gasteiger partial charge in [-0.3, -0.25) is 4.90 Å². The van der Waals surface area contributed by atoms with E-state index in [1.165, 1.54) is 12.7 Å². The lowest BCUT2D eigenvalue weighted by Crippen LogP contribution is -2.33. The molecule has 132 valence electrons. The molecule has 0 spiro atoms. The van der Waals surface area contributed by atoms with Gasteiger partial charge in [-0.05, 0) is 31.4 Å². The number of aromatic nitrogens is 2. The maximum Gasteiger partial charge on any atom is 0.410 e. The van der Waals surface area contributed by atoms with Gasteiger partial charge in [0.1, 0.15) is 0 Å². The summed E-state index contributed by atoms with van der Waals surface area (Å²) in [6, 6.07) is 10.5. The normalized spacial score (nSPS) is 22.8. The van der Waals surface area contributed by atoms with Gasteiger partial charge in [-0.25, -0.2) is 4.79 Å². The van der Waals surface area contributed by atoms with Crippen LogP contribution in [0.1, 0.15) is 36.5 Å². The summed E-state index contributed by atoms with van der Waals surface area (Å²) >= 11 is 0. The molecule has 1 aromatic heterocycles. The van der Waals surface area contributed by atoms with Gasteiger partial charge < -0.3 is 14.6 Å². The standard InChI is InChI=1S/C18H22N4O3/c1-24-17(23)22(14-7-8-14)11-15-20-16(25-21-15)18(9-10-19-12-18)13-5-3-2-4-6-13/h2-6,14,19H,7-12H2,1H3. The number of benzene rings is 1. The molecule has 1 aromatic carbocycles. The number of hydrogen-bond donors (Lipinski definition) is 1. The second kappa shape index (κ2) is 6.48. The molecule has 4 rings (SSSR count). The van der Waals surface area contributed by atoms with E-state index in [9.17, 15) is 4.79 Å². The van der Waals surface area contributed by atoms with Crippen LogP contribution in [0.5, 0.6) is 0 Å². The summed E-state index contributed by atoms with van der Waals surface area (Å²) in [5.74, 6) is 1.13. The molecule has 25 heavy (non-hydrogen) atoms. The fourth-order valence-electron chi connectivity index (χ4n) is 3.51. The van der Waals surface area contributed by atoms with Gasteiger partial charge in [-0.15, -0.1) is 0 Å². The number of nitrogens with one attached hydrogen (secondary N) is 1. The van der Waals surface area contributed by atoms with Gasteiger partial charge in [0.15, 0.2) is 5.82 Å². The summed E-state index contributed by atoms with van der Waals surface area (Å²) in [6.45, 7) is 1.99. The fraction of sp³-hybridized carbons (Fsp3) is 0.500. The minimum Gasteiger partial charge on any atom is -0.453 e. The van der Waals surface area contributed by atoms with E-state index in [1.54, 1.807) is 4.90 Å². The first-order valence-corrected chi connectivity index (χ1v) is 8.67. The molecule has 7 heteroatoms. The highest BCUT2D eigenvalue weighted by molar-refractivity contribution is 5.68. The van der Waals surface area contributed by atoms with E-state index in [0.29, 0.717) is 18.3 Å². The molecule has 0 radical (unpaired) electrons. The second-order valence-electron chi connectivity index (χ2n) is 6.72. The Morgan fingerprint density at radius 1 is 1.40 bits per heavy atom. The van der Waals surface area contributed by atoms with Gasteiger partial charge in [0.25, 0.3) is 0 Å². The van der Waals surface area contributed by atoms with Gasteiger partial charge in [-0.2, -0.15) is 4.98 Å². The molecule has 2 fully saturated rings. The van der Waals surface area contributed by atoms with E-state index in [4.69, 9.17) is 9.26 Å². The number of carbonyl (C=O) groups excluding carboxylic acids is 1. The van der Waals surface area contributed by atoms with Gasteiger partial charge in [0.2, 0.25) is 5.89 Å². The smallest absolute Gasteiger partial charge is 0.410 e. The zero-order chi connectivity index (χ0) is 17.3. The number of nitrogens with zero attached hydrogens (tertiary/aromatic N) is 3. The van der Waals surface area contributed by atoms with E-state index in [-0.39, 0.29) is 17.6 Å². The average Bonchev–Trinajstić information content (AvgIpc) is 3.18. The topological polar surface area (TPSA) is 80.5 Å². The van der Waals surface area contributed by atoms with Crippen LogP contribution in [0.3, 0.4) is 0 Å². The largest absolute Gasteiger partial charge is 0.453 e. The first-order valence-electron chi connectivity index (χ1n) is 8.67. The molecule has 1 atom stereocenters. The first-order chi connectivity index (χ1) is 12.2. The fourth-order valence-corrected chi connectivity index (χ4v) is 3.51. The van der Waals surface area contributed by atoms with Crippen molar-refractivity contribution in [2.45, 2.75) is 37.3 Å². The van der Waals surface area contributed by atoms with Crippen molar-refractivity contribution in [1.82, 2.24) is 20.4 Å². The van der Waals surface area contributed by atoms with Crippen LogP contribution in [0.25, 0.3) is 0 Å². The minimum absolute atomic E-state index is 0.227. The number of amides is 1. The van der Waals surface area contributed by atoms with Crippen molar-refractivity contribution in [2.75, 3.05) is 20.2 Å². The Morgan fingerprint density at radius 3 is 2.84 bits per heavy atom. The van der Waals surface area contributed by atoms with Crippen molar-refractivity contribution in [2.24, 2.45) is 0 Å². The van der Waals surface area contributed by atoms with Gasteiger partial charge in [0, 0.05) is 12.6 Å². The Hall–Kier alpha value is -2.41. The lowest BCUT2D eigenvalue weighted by Gasteiger charge is -2.24. The average molecular weight is 342 g/mol. The molecule has 1 amide bonds. The van der Waals surface area contributed by atoms with E-state index < -0.39 is 0 Å². The Bertz CT molecular complexity index is 736. The van der Waals surface area contributed by atoms with Crippen molar-refractivity contribution in [3.8, 4) is 0 Å². The molecule has 1 saturated heterocycles. The number of methoxy groups -OCH3 is 1. The number of rotatable bonds is 5. The van der Waals surface area contributed by atoms with Crippen molar-refractivity contribution < 1.29 is 14.1 Å². The number of carbonyl (C=O) groups is 1. The summed E-state index contributed by atoms with van der Waals surface area (Å²) in [4.78, 5) is 18.3. The monoisotopic (exact) mass is 342 g/mol. The number of ether oxygens (including phenoxy) is 1. The molecule has 2 aromatic rings. The van der Waals surface area contributed by atoms with E-state index in [1.807, 2.05) is 18.2 Å². The van der Waals surface area contributed by atoms with E-state index >= 15 is 0 Å². The molecular formula is C18H22N4O3. The predicted molar refractivity (Wildman–Crippen MR) is 90.0 cm³/mol. The highest BCUT2D eigenvalue weighted by Crippen LogP contribution is 2.37. The Labute approximate surface area is 146 Å². The van der Waals surface area contributed by atoms with Crippen LogP contribution in [0, 0.1) is 0 Å². The molecule has 7 nitrogen and oxygen atoms in total. The van der Waals surface area contributed by atoms with Crippen LogP contribution >= 0.6 is 0 Å². The van der Waals surface area contributed by atoms with Gasteiger partial charge in [0.05, 0.1) is 19.1 Å².